The lowest BCUT2D eigenvalue weighted by Gasteiger charge is -2.40. The monoisotopic (exact) mass is 278 g/mol. The molecule has 1 aliphatic heterocycles. The average Bonchev–Trinajstić information content (AvgIpc) is 2.46. The molecule has 112 valence electrons. The molecule has 1 atom stereocenters. The third-order valence-electron chi connectivity index (χ3n) is 4.32. The van der Waals surface area contributed by atoms with E-state index in [9.17, 15) is 0 Å². The summed E-state index contributed by atoms with van der Waals surface area (Å²) in [7, 11) is 1.66. The van der Waals surface area contributed by atoms with Crippen molar-refractivity contribution in [3.8, 4) is 5.75 Å². The summed E-state index contributed by atoms with van der Waals surface area (Å²) in [5.41, 5.74) is 7.67. The molecule has 1 fully saturated rings. The second-order valence-corrected chi connectivity index (χ2v) is 5.57. The van der Waals surface area contributed by atoms with Crippen molar-refractivity contribution in [3.05, 3.63) is 18.2 Å². The minimum atomic E-state index is 0.0281. The Morgan fingerprint density at radius 1 is 1.35 bits per heavy atom. The summed E-state index contributed by atoms with van der Waals surface area (Å²) in [6, 6.07) is 6.20. The first-order valence-corrected chi connectivity index (χ1v) is 7.46. The van der Waals surface area contributed by atoms with Gasteiger partial charge >= 0.3 is 0 Å². The van der Waals surface area contributed by atoms with E-state index in [1.807, 2.05) is 18.2 Å². The Hall–Kier alpha value is -1.42. The zero-order chi connectivity index (χ0) is 14.6. The van der Waals surface area contributed by atoms with Gasteiger partial charge < -0.3 is 20.5 Å². The van der Waals surface area contributed by atoms with E-state index >= 15 is 0 Å². The first-order valence-electron chi connectivity index (χ1n) is 7.46. The van der Waals surface area contributed by atoms with Crippen molar-refractivity contribution >= 4 is 11.4 Å². The first kappa shape index (κ1) is 15.0. The largest absolute Gasteiger partial charge is 0.497 e. The van der Waals surface area contributed by atoms with Gasteiger partial charge in [0.05, 0.1) is 12.7 Å². The SMILES string of the molecule is CCC1(CC)CC(Nc2cc(N)cc(OC)c2)CCO1. The second-order valence-electron chi connectivity index (χ2n) is 5.57. The van der Waals surface area contributed by atoms with E-state index in [2.05, 4.69) is 19.2 Å². The van der Waals surface area contributed by atoms with Crippen molar-refractivity contribution in [1.29, 1.82) is 0 Å². The number of nitrogens with two attached hydrogens (primary N) is 1. The predicted octanol–water partition coefficient (Wildman–Crippen LogP) is 3.43. The van der Waals surface area contributed by atoms with Crippen molar-refractivity contribution in [2.24, 2.45) is 0 Å². The molecule has 0 aromatic heterocycles. The molecule has 0 bridgehead atoms. The molecule has 0 saturated carbocycles. The summed E-state index contributed by atoms with van der Waals surface area (Å²) >= 11 is 0. The number of anilines is 2. The number of benzene rings is 1. The quantitative estimate of drug-likeness (QED) is 0.810. The molecule has 0 radical (unpaired) electrons. The van der Waals surface area contributed by atoms with Crippen molar-refractivity contribution in [2.75, 3.05) is 24.8 Å². The van der Waals surface area contributed by atoms with Gasteiger partial charge in [0, 0.05) is 36.2 Å². The summed E-state index contributed by atoms with van der Waals surface area (Å²) in [5, 5.41) is 3.58. The molecule has 1 aromatic rings. The third-order valence-corrected chi connectivity index (χ3v) is 4.32. The lowest BCUT2D eigenvalue weighted by molar-refractivity contribution is -0.0864. The molecule has 0 amide bonds. The van der Waals surface area contributed by atoms with Crippen molar-refractivity contribution in [1.82, 2.24) is 0 Å². The van der Waals surface area contributed by atoms with Crippen LogP contribution in [-0.2, 0) is 4.74 Å². The maximum atomic E-state index is 6.01. The third kappa shape index (κ3) is 3.37. The summed E-state index contributed by atoms with van der Waals surface area (Å²) in [4.78, 5) is 0. The number of nitrogen functional groups attached to an aromatic ring is 1. The van der Waals surface area contributed by atoms with Crippen LogP contribution in [0.3, 0.4) is 0 Å². The highest BCUT2D eigenvalue weighted by Crippen LogP contribution is 2.33. The van der Waals surface area contributed by atoms with Gasteiger partial charge in [0.2, 0.25) is 0 Å². The fraction of sp³-hybridized carbons (Fsp3) is 0.625. The van der Waals surface area contributed by atoms with E-state index in [0.717, 1.165) is 49.4 Å². The van der Waals surface area contributed by atoms with Gasteiger partial charge in [-0.2, -0.15) is 0 Å². The van der Waals surface area contributed by atoms with Gasteiger partial charge in [-0.1, -0.05) is 13.8 Å². The van der Waals surface area contributed by atoms with Gasteiger partial charge in [0.1, 0.15) is 5.75 Å². The smallest absolute Gasteiger partial charge is 0.122 e. The highest BCUT2D eigenvalue weighted by Gasteiger charge is 2.34. The Labute approximate surface area is 121 Å². The Bertz CT molecular complexity index is 444. The molecular formula is C16H26N2O2. The van der Waals surface area contributed by atoms with E-state index in [1.54, 1.807) is 7.11 Å². The molecule has 1 saturated heterocycles. The molecule has 4 nitrogen and oxygen atoms in total. The van der Waals surface area contributed by atoms with Gasteiger partial charge in [-0.05, 0) is 31.7 Å². The van der Waals surface area contributed by atoms with Crippen molar-refractivity contribution in [3.63, 3.8) is 0 Å². The van der Waals surface area contributed by atoms with E-state index in [1.165, 1.54) is 0 Å². The highest BCUT2D eigenvalue weighted by molar-refractivity contribution is 5.59. The number of rotatable bonds is 5. The minimum Gasteiger partial charge on any atom is -0.497 e. The Balaban J connectivity index is 2.08. The van der Waals surface area contributed by atoms with Gasteiger partial charge in [0.25, 0.3) is 0 Å². The van der Waals surface area contributed by atoms with Crippen LogP contribution in [0, 0.1) is 0 Å². The summed E-state index contributed by atoms with van der Waals surface area (Å²) in [6.07, 6.45) is 4.18. The molecule has 2 rings (SSSR count). The number of nitrogens with one attached hydrogen (secondary N) is 1. The van der Waals surface area contributed by atoms with Crippen LogP contribution in [0.1, 0.15) is 39.5 Å². The van der Waals surface area contributed by atoms with Crippen LogP contribution in [0.2, 0.25) is 0 Å². The number of hydrogen-bond acceptors (Lipinski definition) is 4. The first-order chi connectivity index (χ1) is 9.60. The topological polar surface area (TPSA) is 56.5 Å². The van der Waals surface area contributed by atoms with Gasteiger partial charge in [0.15, 0.2) is 0 Å². The standard InChI is InChI=1S/C16H26N2O2/c1-4-16(5-2)11-13(6-7-20-16)18-14-8-12(17)9-15(10-14)19-3/h8-10,13,18H,4-7,11,17H2,1-3H3. The van der Waals surface area contributed by atoms with Gasteiger partial charge in [-0.15, -0.1) is 0 Å². The average molecular weight is 278 g/mol. The van der Waals surface area contributed by atoms with Crippen LogP contribution >= 0.6 is 0 Å². The number of methoxy groups -OCH3 is 1. The fourth-order valence-corrected chi connectivity index (χ4v) is 2.95. The van der Waals surface area contributed by atoms with Crippen LogP contribution in [0.5, 0.6) is 5.75 Å². The number of ether oxygens (including phenoxy) is 2. The Morgan fingerprint density at radius 3 is 2.75 bits per heavy atom. The zero-order valence-electron chi connectivity index (χ0n) is 12.7. The second kappa shape index (κ2) is 6.35. The van der Waals surface area contributed by atoms with Crippen LogP contribution in [0.15, 0.2) is 18.2 Å². The van der Waals surface area contributed by atoms with Crippen molar-refractivity contribution in [2.45, 2.75) is 51.2 Å². The fourth-order valence-electron chi connectivity index (χ4n) is 2.95. The van der Waals surface area contributed by atoms with E-state index < -0.39 is 0 Å². The van der Waals surface area contributed by atoms with E-state index in [-0.39, 0.29) is 5.60 Å². The lowest BCUT2D eigenvalue weighted by atomic mass is 9.86. The Kier molecular flexibility index (Phi) is 4.76. The predicted molar refractivity (Wildman–Crippen MR) is 83.3 cm³/mol. The van der Waals surface area contributed by atoms with Crippen LogP contribution in [0.25, 0.3) is 0 Å². The van der Waals surface area contributed by atoms with E-state index in [4.69, 9.17) is 15.2 Å². The molecule has 4 heteroatoms. The van der Waals surface area contributed by atoms with Crippen LogP contribution in [0.4, 0.5) is 11.4 Å². The molecular weight excluding hydrogens is 252 g/mol. The lowest BCUT2D eigenvalue weighted by Crippen LogP contribution is -2.43. The van der Waals surface area contributed by atoms with E-state index in [0.29, 0.717) is 6.04 Å². The molecule has 1 heterocycles. The maximum Gasteiger partial charge on any atom is 0.122 e. The molecule has 0 aliphatic carbocycles. The molecule has 1 aliphatic rings. The summed E-state index contributed by atoms with van der Waals surface area (Å²) in [6.45, 7) is 5.23. The number of hydrogen-bond donors (Lipinski definition) is 2. The molecule has 1 unspecified atom stereocenters. The molecule has 0 spiro atoms. The zero-order valence-corrected chi connectivity index (χ0v) is 12.7. The minimum absolute atomic E-state index is 0.0281. The van der Waals surface area contributed by atoms with Crippen LogP contribution < -0.4 is 15.8 Å². The molecule has 3 N–H and O–H groups in total. The normalized spacial score (nSPS) is 21.4. The molecule has 1 aromatic carbocycles. The summed E-state index contributed by atoms with van der Waals surface area (Å²) < 4.78 is 11.3. The highest BCUT2D eigenvalue weighted by atomic mass is 16.5. The Morgan fingerprint density at radius 2 is 2.10 bits per heavy atom. The molecule has 20 heavy (non-hydrogen) atoms. The maximum absolute atomic E-state index is 6.01. The van der Waals surface area contributed by atoms with Crippen molar-refractivity contribution < 1.29 is 9.47 Å². The van der Waals surface area contributed by atoms with Crippen LogP contribution in [-0.4, -0.2) is 25.4 Å². The van der Waals surface area contributed by atoms with Gasteiger partial charge in [-0.3, -0.25) is 0 Å². The van der Waals surface area contributed by atoms with Gasteiger partial charge in [-0.25, -0.2) is 0 Å². The summed E-state index contributed by atoms with van der Waals surface area (Å²) in [5.74, 6) is 0.789.